The molecular weight excluding hydrogens is 777 g/mol. The van der Waals surface area contributed by atoms with Crippen molar-refractivity contribution in [3.8, 4) is 0 Å². The third-order valence-electron chi connectivity index (χ3n) is 13.1. The Balaban J connectivity index is 1.16. The van der Waals surface area contributed by atoms with Crippen LogP contribution < -0.4 is 21.4 Å². The minimum absolute atomic E-state index is 1.02. The maximum Gasteiger partial charge on any atom is 0.0485 e. The minimum atomic E-state index is 1.02. The van der Waals surface area contributed by atoms with Gasteiger partial charge in [-0.25, -0.2) is 0 Å². The van der Waals surface area contributed by atoms with Crippen LogP contribution in [0.5, 0.6) is 0 Å². The third kappa shape index (κ3) is 6.07. The van der Waals surface area contributed by atoms with Crippen molar-refractivity contribution in [1.82, 2.24) is 19.9 Å². The Bertz CT molecular complexity index is 3570. The van der Waals surface area contributed by atoms with Crippen molar-refractivity contribution < 1.29 is 0 Å². The van der Waals surface area contributed by atoms with Gasteiger partial charge in [0.15, 0.2) is 0 Å². The van der Waals surface area contributed by atoms with E-state index in [0.717, 1.165) is 88.7 Å². The van der Waals surface area contributed by atoms with E-state index in [2.05, 4.69) is 238 Å². The molecule has 300 valence electrons. The lowest BCUT2D eigenvalue weighted by molar-refractivity contribution is 1.19. The van der Waals surface area contributed by atoms with Crippen molar-refractivity contribution in [3.05, 3.63) is 285 Å². The first-order valence-electron chi connectivity index (χ1n) is 21.9. The summed E-state index contributed by atoms with van der Waals surface area (Å²) in [6, 6.07) is 79.4. The van der Waals surface area contributed by atoms with Crippen molar-refractivity contribution in [3.63, 3.8) is 0 Å². The van der Waals surface area contributed by atoms with Gasteiger partial charge in [-0.2, -0.15) is 0 Å². The molecule has 0 atom stereocenters. The standard InChI is InChI=1S/C60H40N4/c1-5-13-41-33-45(21-17-37(41)9-1)57-49-25-27-51(61-49)58(46-22-18-38-10-2-6-14-42(38)34-46)53-29-31-55(63-53)60(48-24-20-40-12-4-8-16-44(40)36-48)56-32-30-54(64-56)59(52-28-26-50(57)62-52)47-23-19-39-11-3-7-15-43(39)35-47/h1-36,61-64H/b57-49-,57-50?,58-51-,58-53?,59-52?,59-54-,60-55?,60-56-. The number of benzene rings is 8. The summed E-state index contributed by atoms with van der Waals surface area (Å²) in [7, 11) is 0. The molecule has 0 fully saturated rings. The summed E-state index contributed by atoms with van der Waals surface area (Å²) in [5, 5.41) is 13.7. The number of hydrogen-bond donors (Lipinski definition) is 4. The van der Waals surface area contributed by atoms with Crippen LogP contribution in [-0.2, 0) is 0 Å². The van der Waals surface area contributed by atoms with Gasteiger partial charge in [0.1, 0.15) is 0 Å². The maximum atomic E-state index is 3.98. The first-order valence-corrected chi connectivity index (χ1v) is 21.9. The molecule has 4 heteroatoms. The van der Waals surface area contributed by atoms with Crippen LogP contribution in [0.4, 0.5) is 0 Å². The highest BCUT2D eigenvalue weighted by Crippen LogP contribution is 2.32. The Morgan fingerprint density at radius 3 is 0.672 bits per heavy atom. The van der Waals surface area contributed by atoms with Gasteiger partial charge in [-0.3, -0.25) is 0 Å². The molecule has 0 aliphatic carbocycles. The van der Waals surface area contributed by atoms with Crippen LogP contribution in [0.1, 0.15) is 45.0 Å². The van der Waals surface area contributed by atoms with Crippen LogP contribution in [0.3, 0.4) is 0 Å². The van der Waals surface area contributed by atoms with Crippen LogP contribution >= 0.6 is 0 Å². The number of hydrogen-bond acceptors (Lipinski definition) is 0. The maximum absolute atomic E-state index is 3.98. The summed E-state index contributed by atoms with van der Waals surface area (Å²) < 4.78 is 0. The zero-order chi connectivity index (χ0) is 42.1. The molecule has 8 bridgehead atoms. The van der Waals surface area contributed by atoms with E-state index in [4.69, 9.17) is 0 Å². The minimum Gasteiger partial charge on any atom is -0.354 e. The molecule has 8 aromatic carbocycles. The predicted molar refractivity (Wildman–Crippen MR) is 264 cm³/mol. The fraction of sp³-hybridized carbons (Fsp3) is 0. The predicted octanol–water partition coefficient (Wildman–Crippen LogP) is 10.9. The van der Waals surface area contributed by atoms with Gasteiger partial charge in [-0.15, -0.1) is 0 Å². The average Bonchev–Trinajstić information content (AvgIpc) is 4.20. The third-order valence-corrected chi connectivity index (χ3v) is 13.1. The van der Waals surface area contributed by atoms with Crippen molar-refractivity contribution >= 4 is 65.4 Å². The van der Waals surface area contributed by atoms with Crippen LogP contribution in [-0.4, -0.2) is 19.9 Å². The fourth-order valence-corrected chi connectivity index (χ4v) is 9.95. The molecule has 13 rings (SSSR count). The molecule has 0 amide bonds. The molecule has 12 aromatic rings. The first-order chi connectivity index (χ1) is 31.7. The zero-order valence-corrected chi connectivity index (χ0v) is 34.8. The summed E-state index contributed by atoms with van der Waals surface area (Å²) in [5.74, 6) is 0. The second-order valence-electron chi connectivity index (χ2n) is 16.9. The van der Waals surface area contributed by atoms with Gasteiger partial charge in [0, 0.05) is 66.5 Å². The Labute approximate surface area is 368 Å². The van der Waals surface area contributed by atoms with Gasteiger partial charge >= 0.3 is 0 Å². The summed E-state index contributed by atoms with van der Waals surface area (Å²) in [5.41, 5.74) is 13.0. The highest BCUT2D eigenvalue weighted by molar-refractivity contribution is 5.94. The summed E-state index contributed by atoms with van der Waals surface area (Å²) in [6.45, 7) is 0. The molecule has 4 N–H and O–H groups in total. The van der Waals surface area contributed by atoms with E-state index in [1.807, 2.05) is 0 Å². The van der Waals surface area contributed by atoms with Crippen molar-refractivity contribution in [2.45, 2.75) is 0 Å². The Morgan fingerprint density at radius 2 is 0.422 bits per heavy atom. The lowest BCUT2D eigenvalue weighted by Crippen LogP contribution is -2.19. The number of aromatic amines is 4. The Hall–Kier alpha value is -8.60. The lowest BCUT2D eigenvalue weighted by Gasteiger charge is -2.11. The molecule has 0 saturated heterocycles. The molecule has 0 saturated carbocycles. The average molecular weight is 817 g/mol. The van der Waals surface area contributed by atoms with Gasteiger partial charge < -0.3 is 19.9 Å². The monoisotopic (exact) mass is 816 g/mol. The molecule has 4 aromatic heterocycles. The van der Waals surface area contributed by atoms with Crippen LogP contribution in [0.15, 0.2) is 218 Å². The fourth-order valence-electron chi connectivity index (χ4n) is 9.95. The van der Waals surface area contributed by atoms with E-state index in [1.54, 1.807) is 0 Å². The van der Waals surface area contributed by atoms with E-state index in [9.17, 15) is 0 Å². The summed E-state index contributed by atoms with van der Waals surface area (Å²) >= 11 is 0. The zero-order valence-electron chi connectivity index (χ0n) is 34.8. The van der Waals surface area contributed by atoms with E-state index < -0.39 is 0 Å². The van der Waals surface area contributed by atoms with E-state index >= 15 is 0 Å². The molecule has 1 aliphatic rings. The summed E-state index contributed by atoms with van der Waals surface area (Å²) in [6.07, 6.45) is 0. The van der Waals surface area contributed by atoms with E-state index in [-0.39, 0.29) is 0 Å². The highest BCUT2D eigenvalue weighted by atomic mass is 14.8. The van der Waals surface area contributed by atoms with Gasteiger partial charge in [-0.1, -0.05) is 146 Å². The van der Waals surface area contributed by atoms with Crippen LogP contribution in [0.25, 0.3) is 65.4 Å². The second-order valence-corrected chi connectivity index (χ2v) is 16.9. The summed E-state index contributed by atoms with van der Waals surface area (Å²) in [4.78, 5) is 15.9. The second kappa shape index (κ2) is 14.5. The number of fused-ring (bicyclic) bond motifs is 12. The van der Waals surface area contributed by atoms with E-state index in [0.29, 0.717) is 0 Å². The van der Waals surface area contributed by atoms with E-state index in [1.165, 1.54) is 43.1 Å². The SMILES string of the molecule is c1ccc2cc(/C3=c4\cc/c([nH]4)=C(\c4ccc5ccccc5c4)c4ccc([nH]4)/C(c4ccc5ccccc5c4)=c4/cc/c([nH]4)=C(\c4ccc5ccccc5c4)c4ccc3[nH]4)ccc2c1. The molecule has 0 radical (unpaired) electrons. The topological polar surface area (TPSA) is 63.2 Å². The van der Waals surface area contributed by atoms with Gasteiger partial charge in [0.25, 0.3) is 0 Å². The molecule has 5 heterocycles. The smallest absolute Gasteiger partial charge is 0.0485 e. The van der Waals surface area contributed by atoms with Crippen molar-refractivity contribution in [2.75, 3.05) is 0 Å². The molecule has 4 nitrogen and oxygen atoms in total. The highest BCUT2D eigenvalue weighted by Gasteiger charge is 2.19. The number of H-pyrrole nitrogens is 4. The number of rotatable bonds is 4. The van der Waals surface area contributed by atoms with Gasteiger partial charge in [0.05, 0.1) is 0 Å². The normalized spacial score (nSPS) is 16.2. The van der Waals surface area contributed by atoms with Crippen molar-refractivity contribution in [1.29, 1.82) is 0 Å². The quantitative estimate of drug-likeness (QED) is 0.137. The molecule has 0 spiro atoms. The van der Waals surface area contributed by atoms with Crippen LogP contribution in [0.2, 0.25) is 0 Å². The Kier molecular flexibility index (Phi) is 8.18. The largest absolute Gasteiger partial charge is 0.354 e. The lowest BCUT2D eigenvalue weighted by atomic mass is 9.99. The molecule has 64 heavy (non-hydrogen) atoms. The first kappa shape index (κ1) is 36.1. The van der Waals surface area contributed by atoms with Crippen LogP contribution in [0, 0.1) is 0 Å². The van der Waals surface area contributed by atoms with Gasteiger partial charge in [-0.05, 0) is 138 Å². The van der Waals surface area contributed by atoms with Gasteiger partial charge in [0.2, 0.25) is 0 Å². The molecule has 0 unspecified atom stereocenters. The molecule has 1 aliphatic heterocycles. The number of aromatic nitrogens is 4. The van der Waals surface area contributed by atoms with Crippen molar-refractivity contribution in [2.24, 2.45) is 0 Å². The number of nitrogens with one attached hydrogen (secondary N) is 4. The Morgan fingerprint density at radius 1 is 0.188 bits per heavy atom. The molecular formula is C60H40N4.